The normalized spacial score (nSPS) is 15.9. The summed E-state index contributed by atoms with van der Waals surface area (Å²) in [4.78, 5) is 29.2. The highest BCUT2D eigenvalue weighted by Crippen LogP contribution is 2.40. The van der Waals surface area contributed by atoms with Gasteiger partial charge in [0.25, 0.3) is 5.91 Å². The molecule has 3 amide bonds. The summed E-state index contributed by atoms with van der Waals surface area (Å²) in [7, 11) is 5.39. The molecule has 2 aliphatic heterocycles. The topological polar surface area (TPSA) is 116 Å². The largest absolute Gasteiger partial charge is 0.490 e. The lowest BCUT2D eigenvalue weighted by atomic mass is 9.89. The summed E-state index contributed by atoms with van der Waals surface area (Å²) in [6, 6.07) is 11.3. The van der Waals surface area contributed by atoms with Crippen LogP contribution in [0.1, 0.15) is 46.7 Å². The number of allylic oxidation sites excluding steroid dienone is 2. The molecule has 0 aliphatic carbocycles. The van der Waals surface area contributed by atoms with Gasteiger partial charge >= 0.3 is 6.03 Å². The number of fused-ring (bicyclic) bond motifs is 1. The number of nitrogens with one attached hydrogen (secondary N) is 3. The first-order chi connectivity index (χ1) is 20.4. The molecule has 10 nitrogen and oxygen atoms in total. The molecule has 10 heteroatoms. The maximum Gasteiger partial charge on any atom is 0.321 e. The highest BCUT2D eigenvalue weighted by molar-refractivity contribution is 5.95. The Balaban J connectivity index is 1.44. The van der Waals surface area contributed by atoms with Gasteiger partial charge in [-0.3, -0.25) is 9.69 Å². The number of nitrogens with zero attached hydrogens (tertiary/aromatic N) is 2. The van der Waals surface area contributed by atoms with Crippen LogP contribution in [0, 0.1) is 5.41 Å². The number of benzene rings is 2. The molecule has 0 atom stereocenters. The van der Waals surface area contributed by atoms with Gasteiger partial charge in [0.05, 0.1) is 12.3 Å². The molecule has 0 saturated carbocycles. The lowest BCUT2D eigenvalue weighted by Crippen LogP contribution is -2.36. The van der Waals surface area contributed by atoms with E-state index in [9.17, 15) is 9.59 Å². The number of hydrogen-bond acceptors (Lipinski definition) is 7. The number of carbonyl (C=O) groups excluding carboxylic acids is 2. The molecular weight excluding hydrogens is 534 g/mol. The molecule has 224 valence electrons. The molecule has 0 bridgehead atoms. The number of carbonyl (C=O) groups is 2. The molecule has 0 unspecified atom stereocenters. The minimum absolute atomic E-state index is 0.188. The lowest BCUT2D eigenvalue weighted by Gasteiger charge is -2.29. The molecule has 3 N–H and O–H groups in total. The van der Waals surface area contributed by atoms with Crippen molar-refractivity contribution in [2.45, 2.75) is 31.6 Å². The average molecular weight is 576 g/mol. The smallest absolute Gasteiger partial charge is 0.321 e. The van der Waals surface area contributed by atoms with Crippen molar-refractivity contribution in [1.82, 2.24) is 15.5 Å². The first-order valence-electron chi connectivity index (χ1n) is 14.4. The van der Waals surface area contributed by atoms with Crippen molar-refractivity contribution >= 4 is 23.8 Å². The Morgan fingerprint density at radius 3 is 2.52 bits per heavy atom. The zero-order valence-corrected chi connectivity index (χ0v) is 24.7. The number of ether oxygens (including phenoxy) is 3. The van der Waals surface area contributed by atoms with Gasteiger partial charge in [-0.25, -0.2) is 4.79 Å². The molecular formula is C32H41N5O5. The van der Waals surface area contributed by atoms with Crippen LogP contribution in [0.25, 0.3) is 0 Å². The van der Waals surface area contributed by atoms with E-state index >= 15 is 0 Å². The Morgan fingerprint density at radius 1 is 1.07 bits per heavy atom. The van der Waals surface area contributed by atoms with Crippen LogP contribution in [-0.4, -0.2) is 77.1 Å². The van der Waals surface area contributed by atoms with Crippen molar-refractivity contribution in [3.8, 4) is 11.5 Å². The van der Waals surface area contributed by atoms with E-state index in [2.05, 4.69) is 22.6 Å². The van der Waals surface area contributed by atoms with Crippen LogP contribution >= 0.6 is 0 Å². The van der Waals surface area contributed by atoms with Crippen LogP contribution in [0.3, 0.4) is 0 Å². The van der Waals surface area contributed by atoms with Crippen LogP contribution in [0.5, 0.6) is 11.5 Å². The van der Waals surface area contributed by atoms with Gasteiger partial charge in [0.2, 0.25) is 0 Å². The minimum Gasteiger partial charge on any atom is -0.490 e. The van der Waals surface area contributed by atoms with E-state index in [1.807, 2.05) is 36.4 Å². The minimum atomic E-state index is -0.232. The van der Waals surface area contributed by atoms with Crippen LogP contribution in [0.2, 0.25) is 0 Å². The number of likely N-dealkylation sites (tertiary alicyclic amines) is 1. The summed E-state index contributed by atoms with van der Waals surface area (Å²) in [5.41, 5.74) is 3.56. The van der Waals surface area contributed by atoms with Gasteiger partial charge in [0.1, 0.15) is 5.76 Å². The molecule has 0 radical (unpaired) electrons. The predicted molar refractivity (Wildman–Crippen MR) is 164 cm³/mol. The third-order valence-electron chi connectivity index (χ3n) is 7.55. The van der Waals surface area contributed by atoms with E-state index in [0.717, 1.165) is 43.4 Å². The van der Waals surface area contributed by atoms with Gasteiger partial charge in [-0.2, -0.15) is 0 Å². The predicted octanol–water partition coefficient (Wildman–Crippen LogP) is 4.47. The first kappa shape index (κ1) is 30.8. The Morgan fingerprint density at radius 2 is 1.83 bits per heavy atom. The molecule has 1 fully saturated rings. The van der Waals surface area contributed by atoms with Gasteiger partial charge < -0.3 is 35.2 Å². The van der Waals surface area contributed by atoms with Gasteiger partial charge in [-0.1, -0.05) is 12.1 Å². The molecule has 42 heavy (non-hydrogen) atoms. The zero-order chi connectivity index (χ0) is 29.9. The second kappa shape index (κ2) is 15.2. The van der Waals surface area contributed by atoms with E-state index in [0.29, 0.717) is 61.3 Å². The monoisotopic (exact) mass is 575 g/mol. The lowest BCUT2D eigenvalue weighted by molar-refractivity contribution is 0.0970. The van der Waals surface area contributed by atoms with Crippen LogP contribution in [-0.2, 0) is 11.2 Å². The van der Waals surface area contributed by atoms with Crippen molar-refractivity contribution in [2.24, 2.45) is 0 Å². The van der Waals surface area contributed by atoms with Gasteiger partial charge in [-0.15, -0.1) is 0 Å². The molecule has 0 aromatic heterocycles. The highest BCUT2D eigenvalue weighted by Gasteiger charge is 2.27. The van der Waals surface area contributed by atoms with Gasteiger partial charge in [-0.05, 0) is 86.8 Å². The number of hydrogen-bond donors (Lipinski definition) is 3. The second-order valence-corrected chi connectivity index (χ2v) is 10.4. The fraction of sp³-hybridized carbons (Fsp3) is 0.406. The van der Waals surface area contributed by atoms with Crippen molar-refractivity contribution in [3.05, 3.63) is 77.2 Å². The second-order valence-electron chi connectivity index (χ2n) is 10.4. The van der Waals surface area contributed by atoms with Crippen molar-refractivity contribution < 1.29 is 23.8 Å². The standard InChI is InChI=1S/C32H41N5O5/c1-34-32(39)37-18-13-26-21-30(29(22-28(26)37)41-20-4-19-40-3)42-27(9-14-33)10-15-35-31(38)25-7-5-23(6-8-25)24-11-16-36(2)17-12-24/h5-10,14-15,21-22,24,33H,4,11-13,16-20H2,1-3H3,(H,34,39)(H,35,38). The molecule has 2 heterocycles. The number of rotatable bonds is 12. The third-order valence-corrected chi connectivity index (χ3v) is 7.55. The van der Waals surface area contributed by atoms with E-state index in [1.54, 1.807) is 25.1 Å². The fourth-order valence-electron chi connectivity index (χ4n) is 5.18. The van der Waals surface area contributed by atoms with Gasteiger partial charge in [0, 0.05) is 57.8 Å². The van der Waals surface area contributed by atoms with Gasteiger partial charge in [0.15, 0.2) is 11.5 Å². The summed E-state index contributed by atoms with van der Waals surface area (Å²) in [5, 5.41) is 13.1. The Hall–Kier alpha value is -4.15. The quantitative estimate of drug-likeness (QED) is 0.149. The molecule has 0 spiro atoms. The molecule has 1 saturated heterocycles. The number of piperidine rings is 1. The Bertz CT molecular complexity index is 1300. The van der Waals surface area contributed by atoms with Crippen LogP contribution in [0.4, 0.5) is 10.5 Å². The number of urea groups is 1. The summed E-state index contributed by atoms with van der Waals surface area (Å²) >= 11 is 0. The summed E-state index contributed by atoms with van der Waals surface area (Å²) in [5.74, 6) is 1.57. The summed E-state index contributed by atoms with van der Waals surface area (Å²) < 4.78 is 17.3. The maximum atomic E-state index is 12.8. The summed E-state index contributed by atoms with van der Waals surface area (Å²) in [6.45, 7) is 3.68. The zero-order valence-electron chi connectivity index (χ0n) is 24.7. The van der Waals surface area contributed by atoms with E-state index in [4.69, 9.17) is 19.6 Å². The first-order valence-corrected chi connectivity index (χ1v) is 14.4. The molecule has 2 aromatic rings. The number of methoxy groups -OCH3 is 1. The molecule has 2 aromatic carbocycles. The molecule has 4 rings (SSSR count). The van der Waals surface area contributed by atoms with Crippen LogP contribution in [0.15, 0.2) is 60.5 Å². The SMILES string of the molecule is CNC(=O)N1CCc2cc(OC(C=CNC(=O)c3ccc(C4CCN(C)CC4)cc3)=CC=N)c(OCCCOC)cc21. The van der Waals surface area contributed by atoms with E-state index in [-0.39, 0.29) is 11.9 Å². The van der Waals surface area contributed by atoms with Crippen LogP contribution < -0.4 is 25.0 Å². The highest BCUT2D eigenvalue weighted by atomic mass is 16.5. The Kier molecular flexibility index (Phi) is 11.1. The molecule has 2 aliphatic rings. The summed E-state index contributed by atoms with van der Waals surface area (Å²) in [6.07, 6.45) is 9.31. The average Bonchev–Trinajstić information content (AvgIpc) is 3.42. The van der Waals surface area contributed by atoms with E-state index in [1.165, 1.54) is 17.8 Å². The van der Waals surface area contributed by atoms with Crippen molar-refractivity contribution in [2.75, 3.05) is 59.0 Å². The van der Waals surface area contributed by atoms with E-state index < -0.39 is 0 Å². The Labute approximate surface area is 247 Å². The van der Waals surface area contributed by atoms with Crippen molar-refractivity contribution in [3.63, 3.8) is 0 Å². The maximum absolute atomic E-state index is 12.8. The van der Waals surface area contributed by atoms with Crippen molar-refractivity contribution in [1.29, 1.82) is 5.41 Å². The number of amides is 3. The third kappa shape index (κ3) is 7.98. The number of anilines is 1. The fourth-order valence-corrected chi connectivity index (χ4v) is 5.18.